The number of aromatic carboxylic acids is 1. The molecule has 4 nitrogen and oxygen atoms in total. The molecule has 0 saturated heterocycles. The van der Waals surface area contributed by atoms with Crippen molar-refractivity contribution in [1.29, 1.82) is 0 Å². The van der Waals surface area contributed by atoms with Gasteiger partial charge in [0.1, 0.15) is 22.2 Å². The third-order valence-corrected chi connectivity index (χ3v) is 4.51. The number of aromatic nitrogens is 1. The summed E-state index contributed by atoms with van der Waals surface area (Å²) in [5.41, 5.74) is 2.72. The highest BCUT2D eigenvalue weighted by atomic mass is 32.1. The van der Waals surface area contributed by atoms with E-state index in [1.165, 1.54) is 11.3 Å². The van der Waals surface area contributed by atoms with Crippen LogP contribution in [0, 0.1) is 13.8 Å². The molecule has 0 aliphatic rings. The Morgan fingerprint density at radius 1 is 1.32 bits per heavy atom. The van der Waals surface area contributed by atoms with Crippen LogP contribution >= 0.6 is 11.3 Å². The van der Waals surface area contributed by atoms with Gasteiger partial charge in [0.25, 0.3) is 0 Å². The Morgan fingerprint density at radius 3 is 2.55 bits per heavy atom. The quantitative estimate of drug-likeness (QED) is 0.911. The molecule has 1 N–H and O–H groups in total. The Labute approximate surface area is 134 Å². The van der Waals surface area contributed by atoms with Gasteiger partial charge < -0.3 is 9.84 Å². The van der Waals surface area contributed by atoms with Crippen LogP contribution in [-0.2, 0) is 12.0 Å². The first-order valence-corrected chi connectivity index (χ1v) is 7.94. The van der Waals surface area contributed by atoms with Gasteiger partial charge in [0.15, 0.2) is 0 Å². The fourth-order valence-corrected chi connectivity index (χ4v) is 3.10. The number of carboxylic acids is 1. The molecule has 0 amide bonds. The van der Waals surface area contributed by atoms with Gasteiger partial charge in [-0.15, -0.1) is 11.3 Å². The summed E-state index contributed by atoms with van der Waals surface area (Å²) >= 11 is 1.17. The van der Waals surface area contributed by atoms with E-state index >= 15 is 0 Å². The third-order valence-electron chi connectivity index (χ3n) is 3.40. The van der Waals surface area contributed by atoms with Crippen LogP contribution in [-0.4, -0.2) is 16.1 Å². The molecule has 0 aliphatic carbocycles. The van der Waals surface area contributed by atoms with Crippen molar-refractivity contribution in [2.45, 2.75) is 46.6 Å². The molecule has 2 aromatic rings. The first-order chi connectivity index (χ1) is 10.2. The number of nitrogens with zero attached hydrogens (tertiary/aromatic N) is 1. The highest BCUT2D eigenvalue weighted by molar-refractivity contribution is 7.13. The van der Waals surface area contributed by atoms with Gasteiger partial charge in [0, 0.05) is 0 Å². The SMILES string of the molecule is Cc1cccc(C(C)(C)C)c1OCc1nc(C)c(C(=O)O)s1. The zero-order chi connectivity index (χ0) is 16.5. The van der Waals surface area contributed by atoms with Crippen molar-refractivity contribution in [3.8, 4) is 5.75 Å². The summed E-state index contributed by atoms with van der Waals surface area (Å²) in [6, 6.07) is 6.11. The minimum absolute atomic E-state index is 0.0215. The Morgan fingerprint density at radius 2 is 2.00 bits per heavy atom. The van der Waals surface area contributed by atoms with Gasteiger partial charge in [0.2, 0.25) is 0 Å². The number of aryl methyl sites for hydroxylation is 2. The van der Waals surface area contributed by atoms with Crippen LogP contribution in [0.2, 0.25) is 0 Å². The molecule has 0 fully saturated rings. The summed E-state index contributed by atoms with van der Waals surface area (Å²) in [5.74, 6) is -0.0766. The molecule has 0 spiro atoms. The molecule has 1 heterocycles. The predicted molar refractivity (Wildman–Crippen MR) is 88.0 cm³/mol. The number of para-hydroxylation sites is 1. The monoisotopic (exact) mass is 319 g/mol. The molecule has 118 valence electrons. The molecule has 0 unspecified atom stereocenters. The number of hydrogen-bond acceptors (Lipinski definition) is 4. The summed E-state index contributed by atoms with van der Waals surface area (Å²) in [6.45, 7) is 10.4. The topological polar surface area (TPSA) is 59.4 Å². The van der Waals surface area contributed by atoms with Crippen LogP contribution in [0.25, 0.3) is 0 Å². The molecule has 0 aliphatic heterocycles. The number of carboxylic acid groups (broad SMARTS) is 1. The van der Waals surface area contributed by atoms with E-state index in [0.29, 0.717) is 10.7 Å². The predicted octanol–water partition coefficient (Wildman–Crippen LogP) is 4.33. The second-order valence-electron chi connectivity index (χ2n) is 6.32. The molecule has 2 rings (SSSR count). The maximum atomic E-state index is 11.1. The number of rotatable bonds is 4. The molecule has 1 aromatic carbocycles. The lowest BCUT2D eigenvalue weighted by Gasteiger charge is -2.24. The standard InChI is InChI=1S/C17H21NO3S/c1-10-7-6-8-12(17(3,4)5)14(10)21-9-13-18-11(2)15(22-13)16(19)20/h6-8H,9H2,1-5H3,(H,19,20). The van der Waals surface area contributed by atoms with Crippen LogP contribution in [0.5, 0.6) is 5.75 Å². The van der Waals surface area contributed by atoms with Crippen molar-refractivity contribution < 1.29 is 14.6 Å². The van der Waals surface area contributed by atoms with E-state index < -0.39 is 5.97 Å². The summed E-state index contributed by atoms with van der Waals surface area (Å²) < 4.78 is 5.98. The average Bonchev–Trinajstić information content (AvgIpc) is 2.77. The molecule has 0 radical (unpaired) electrons. The van der Waals surface area contributed by atoms with Gasteiger partial charge >= 0.3 is 5.97 Å². The third kappa shape index (κ3) is 3.47. The first-order valence-electron chi connectivity index (χ1n) is 7.12. The Hall–Kier alpha value is -1.88. The van der Waals surface area contributed by atoms with Gasteiger partial charge in [-0.2, -0.15) is 0 Å². The number of carbonyl (C=O) groups is 1. The van der Waals surface area contributed by atoms with Crippen molar-refractivity contribution in [3.05, 3.63) is 44.9 Å². The zero-order valence-corrected chi connectivity index (χ0v) is 14.4. The van der Waals surface area contributed by atoms with Gasteiger partial charge in [-0.05, 0) is 30.4 Å². The van der Waals surface area contributed by atoms with Gasteiger partial charge in [-0.1, -0.05) is 39.0 Å². The fourth-order valence-electron chi connectivity index (χ4n) is 2.28. The fraction of sp³-hybridized carbons (Fsp3) is 0.412. The second-order valence-corrected chi connectivity index (χ2v) is 7.40. The summed E-state index contributed by atoms with van der Waals surface area (Å²) in [7, 11) is 0. The minimum Gasteiger partial charge on any atom is -0.486 e. The Bertz CT molecular complexity index is 698. The summed E-state index contributed by atoms with van der Waals surface area (Å²) in [4.78, 5) is 15.6. The van der Waals surface area contributed by atoms with E-state index in [2.05, 4.69) is 31.8 Å². The van der Waals surface area contributed by atoms with Gasteiger partial charge in [0.05, 0.1) is 5.69 Å². The van der Waals surface area contributed by atoms with E-state index in [1.807, 2.05) is 19.1 Å². The Kier molecular flexibility index (Phi) is 4.56. The lowest BCUT2D eigenvalue weighted by molar-refractivity contribution is 0.0701. The lowest BCUT2D eigenvalue weighted by Crippen LogP contribution is -2.14. The molecule has 5 heteroatoms. The highest BCUT2D eigenvalue weighted by Gasteiger charge is 2.21. The second kappa shape index (κ2) is 6.08. The molecule has 0 saturated carbocycles. The average molecular weight is 319 g/mol. The zero-order valence-electron chi connectivity index (χ0n) is 13.6. The molecule has 22 heavy (non-hydrogen) atoms. The minimum atomic E-state index is -0.937. The number of hydrogen-bond donors (Lipinski definition) is 1. The van der Waals surface area contributed by atoms with Crippen LogP contribution in [0.1, 0.15) is 52.3 Å². The van der Waals surface area contributed by atoms with E-state index in [9.17, 15) is 4.79 Å². The van der Waals surface area contributed by atoms with Crippen LogP contribution in [0.3, 0.4) is 0 Å². The van der Waals surface area contributed by atoms with Gasteiger partial charge in [-0.25, -0.2) is 9.78 Å². The Balaban J connectivity index is 2.25. The maximum Gasteiger partial charge on any atom is 0.347 e. The van der Waals surface area contributed by atoms with E-state index in [1.54, 1.807) is 6.92 Å². The van der Waals surface area contributed by atoms with E-state index in [4.69, 9.17) is 9.84 Å². The van der Waals surface area contributed by atoms with Crippen LogP contribution < -0.4 is 4.74 Å². The highest BCUT2D eigenvalue weighted by Crippen LogP contribution is 2.34. The van der Waals surface area contributed by atoms with E-state index in [0.717, 1.165) is 16.9 Å². The first kappa shape index (κ1) is 16.5. The van der Waals surface area contributed by atoms with Crippen LogP contribution in [0.4, 0.5) is 0 Å². The largest absolute Gasteiger partial charge is 0.486 e. The molecule has 1 aromatic heterocycles. The van der Waals surface area contributed by atoms with Crippen LogP contribution in [0.15, 0.2) is 18.2 Å². The number of ether oxygens (including phenoxy) is 1. The smallest absolute Gasteiger partial charge is 0.347 e. The normalized spacial score (nSPS) is 11.5. The van der Waals surface area contributed by atoms with Crippen molar-refractivity contribution in [3.63, 3.8) is 0 Å². The lowest BCUT2D eigenvalue weighted by atomic mass is 9.85. The number of thiazole rings is 1. The summed E-state index contributed by atoms with van der Waals surface area (Å²) in [5, 5.41) is 9.77. The molecule has 0 bridgehead atoms. The number of benzene rings is 1. The van der Waals surface area contributed by atoms with Crippen molar-refractivity contribution in [2.75, 3.05) is 0 Å². The van der Waals surface area contributed by atoms with Crippen molar-refractivity contribution in [2.24, 2.45) is 0 Å². The van der Waals surface area contributed by atoms with Crippen molar-refractivity contribution >= 4 is 17.3 Å². The maximum absolute atomic E-state index is 11.1. The summed E-state index contributed by atoms with van der Waals surface area (Å²) in [6.07, 6.45) is 0. The van der Waals surface area contributed by atoms with Gasteiger partial charge in [-0.3, -0.25) is 0 Å². The molecule has 0 atom stereocenters. The van der Waals surface area contributed by atoms with Crippen molar-refractivity contribution in [1.82, 2.24) is 4.98 Å². The molecular formula is C17H21NO3S. The molecular weight excluding hydrogens is 298 g/mol. The van der Waals surface area contributed by atoms with E-state index in [-0.39, 0.29) is 16.9 Å².